The highest BCUT2D eigenvalue weighted by atomic mass is 32.2. The summed E-state index contributed by atoms with van der Waals surface area (Å²) in [6, 6.07) is 0. The zero-order chi connectivity index (χ0) is 16.7. The summed E-state index contributed by atoms with van der Waals surface area (Å²) in [4.78, 5) is 28.4. The number of nitrogens with zero attached hydrogens (tertiary/aromatic N) is 2. The molecule has 0 atom stereocenters. The number of hydrogen-bond donors (Lipinski definition) is 1. The standard InChI is InChI=1S/C17H19N3OS3/c1-3-11-9(2)23-17(18-11)22-8-13-19-15(21)14-10-6-4-5-7-12(10)24-16(14)20-13/h3-8H2,1-2H3,(H,19,20,21). The first kappa shape index (κ1) is 16.3. The Bertz CT molecular complexity index is 954. The lowest BCUT2D eigenvalue weighted by molar-refractivity contribution is 0.700. The Balaban J connectivity index is 1.61. The Morgan fingerprint density at radius 2 is 2.04 bits per heavy atom. The molecule has 3 aromatic rings. The third-order valence-electron chi connectivity index (χ3n) is 4.41. The predicted octanol–water partition coefficient (Wildman–Crippen LogP) is 4.48. The van der Waals surface area contributed by atoms with Gasteiger partial charge in [0, 0.05) is 9.75 Å². The molecule has 0 amide bonds. The minimum atomic E-state index is 0.0274. The molecule has 4 rings (SSSR count). The third-order valence-corrected chi connectivity index (χ3v) is 7.77. The molecule has 0 bridgehead atoms. The van der Waals surface area contributed by atoms with Crippen molar-refractivity contribution in [3.8, 4) is 0 Å². The molecule has 0 aliphatic heterocycles. The van der Waals surface area contributed by atoms with Gasteiger partial charge in [0.05, 0.1) is 16.8 Å². The number of nitrogens with one attached hydrogen (secondary N) is 1. The van der Waals surface area contributed by atoms with Gasteiger partial charge in [0.25, 0.3) is 5.56 Å². The Kier molecular flexibility index (Phi) is 4.49. The molecule has 0 radical (unpaired) electrons. The molecule has 1 aliphatic carbocycles. The van der Waals surface area contributed by atoms with Crippen LogP contribution >= 0.6 is 34.4 Å². The molecule has 0 aromatic carbocycles. The zero-order valence-corrected chi connectivity index (χ0v) is 16.2. The van der Waals surface area contributed by atoms with Crippen molar-refractivity contribution >= 4 is 44.7 Å². The van der Waals surface area contributed by atoms with Crippen molar-refractivity contribution in [3.63, 3.8) is 0 Å². The highest BCUT2D eigenvalue weighted by Gasteiger charge is 2.19. The van der Waals surface area contributed by atoms with E-state index in [-0.39, 0.29) is 5.56 Å². The summed E-state index contributed by atoms with van der Waals surface area (Å²) in [5.74, 6) is 1.41. The summed E-state index contributed by atoms with van der Waals surface area (Å²) in [5.41, 5.74) is 2.45. The summed E-state index contributed by atoms with van der Waals surface area (Å²) in [5, 5.41) is 0.835. The maximum absolute atomic E-state index is 12.5. The minimum absolute atomic E-state index is 0.0274. The number of fused-ring (bicyclic) bond motifs is 3. The van der Waals surface area contributed by atoms with Crippen LogP contribution in [0.15, 0.2) is 9.13 Å². The second kappa shape index (κ2) is 6.61. The summed E-state index contributed by atoms with van der Waals surface area (Å²) in [7, 11) is 0. The van der Waals surface area contributed by atoms with E-state index in [9.17, 15) is 4.79 Å². The van der Waals surface area contributed by atoms with Crippen LogP contribution in [0, 0.1) is 6.92 Å². The van der Waals surface area contributed by atoms with Gasteiger partial charge < -0.3 is 4.98 Å². The van der Waals surface area contributed by atoms with Crippen LogP contribution in [0.4, 0.5) is 0 Å². The lowest BCUT2D eigenvalue weighted by Gasteiger charge is -2.09. The third kappa shape index (κ3) is 2.93. The highest BCUT2D eigenvalue weighted by molar-refractivity contribution is 8.00. The first-order valence-electron chi connectivity index (χ1n) is 8.28. The van der Waals surface area contributed by atoms with Crippen LogP contribution < -0.4 is 5.56 Å². The molecule has 1 aliphatic rings. The number of hydrogen-bond acceptors (Lipinski definition) is 6. The lowest BCUT2D eigenvalue weighted by Crippen LogP contribution is -2.12. The maximum Gasteiger partial charge on any atom is 0.259 e. The van der Waals surface area contributed by atoms with Crippen molar-refractivity contribution in [1.29, 1.82) is 0 Å². The van der Waals surface area contributed by atoms with Gasteiger partial charge in [0.1, 0.15) is 10.7 Å². The Labute approximate surface area is 152 Å². The molecule has 7 heteroatoms. The molecule has 0 spiro atoms. The van der Waals surface area contributed by atoms with Gasteiger partial charge in [0.15, 0.2) is 4.34 Å². The second-order valence-electron chi connectivity index (χ2n) is 6.03. The first-order valence-corrected chi connectivity index (χ1v) is 10.9. The number of aryl methyl sites for hydroxylation is 4. The van der Waals surface area contributed by atoms with E-state index >= 15 is 0 Å². The zero-order valence-electron chi connectivity index (χ0n) is 13.8. The van der Waals surface area contributed by atoms with Gasteiger partial charge in [-0.15, -0.1) is 22.7 Å². The van der Waals surface area contributed by atoms with E-state index in [0.717, 1.165) is 39.6 Å². The van der Waals surface area contributed by atoms with Crippen LogP contribution in [0.25, 0.3) is 10.2 Å². The number of thioether (sulfide) groups is 1. The van der Waals surface area contributed by atoms with Crippen molar-refractivity contribution in [1.82, 2.24) is 15.0 Å². The normalized spacial score (nSPS) is 14.2. The second-order valence-corrected chi connectivity index (χ2v) is 9.54. The topological polar surface area (TPSA) is 58.6 Å². The van der Waals surface area contributed by atoms with E-state index in [1.165, 1.54) is 33.9 Å². The molecule has 0 saturated heterocycles. The van der Waals surface area contributed by atoms with Crippen molar-refractivity contribution < 1.29 is 0 Å². The number of thiophene rings is 1. The molecular weight excluding hydrogens is 358 g/mol. The molecule has 1 N–H and O–H groups in total. The summed E-state index contributed by atoms with van der Waals surface area (Å²) in [6.07, 6.45) is 5.48. The number of H-pyrrole nitrogens is 1. The Morgan fingerprint density at radius 3 is 2.83 bits per heavy atom. The molecule has 24 heavy (non-hydrogen) atoms. The average molecular weight is 378 g/mol. The van der Waals surface area contributed by atoms with E-state index in [2.05, 4.69) is 23.8 Å². The van der Waals surface area contributed by atoms with Crippen LogP contribution in [0.5, 0.6) is 0 Å². The van der Waals surface area contributed by atoms with Gasteiger partial charge >= 0.3 is 0 Å². The number of aromatic amines is 1. The molecule has 3 heterocycles. The number of aromatic nitrogens is 3. The number of rotatable bonds is 4. The largest absolute Gasteiger partial charge is 0.309 e. The van der Waals surface area contributed by atoms with Gasteiger partial charge in [-0.25, -0.2) is 9.97 Å². The first-order chi connectivity index (χ1) is 11.7. The fourth-order valence-corrected chi connectivity index (χ4v) is 6.56. The van der Waals surface area contributed by atoms with Gasteiger partial charge in [-0.05, 0) is 44.6 Å². The molecule has 3 aromatic heterocycles. The molecule has 0 fully saturated rings. The fraction of sp³-hybridized carbons (Fsp3) is 0.471. The van der Waals surface area contributed by atoms with Crippen molar-refractivity contribution in [3.05, 3.63) is 37.2 Å². The molecular formula is C17H19N3OS3. The van der Waals surface area contributed by atoms with Gasteiger partial charge in [-0.1, -0.05) is 18.7 Å². The van der Waals surface area contributed by atoms with E-state index in [1.54, 1.807) is 34.4 Å². The smallest absolute Gasteiger partial charge is 0.259 e. The maximum atomic E-state index is 12.5. The monoisotopic (exact) mass is 377 g/mol. The lowest BCUT2D eigenvalue weighted by atomic mass is 9.97. The SMILES string of the molecule is CCc1nc(SCc2nc3sc4c(c3c(=O)[nH]2)CCCC4)sc1C. The Hall–Kier alpha value is -1.18. The molecule has 0 unspecified atom stereocenters. The minimum Gasteiger partial charge on any atom is -0.309 e. The van der Waals surface area contributed by atoms with Crippen LogP contribution in [0.1, 0.15) is 46.6 Å². The summed E-state index contributed by atoms with van der Waals surface area (Å²) < 4.78 is 1.05. The number of thiazole rings is 1. The summed E-state index contributed by atoms with van der Waals surface area (Å²) in [6.45, 7) is 4.24. The molecule has 4 nitrogen and oxygen atoms in total. The van der Waals surface area contributed by atoms with Gasteiger partial charge in [-0.2, -0.15) is 0 Å². The van der Waals surface area contributed by atoms with Crippen molar-refractivity contribution in [2.24, 2.45) is 0 Å². The van der Waals surface area contributed by atoms with Crippen molar-refractivity contribution in [2.75, 3.05) is 0 Å². The van der Waals surface area contributed by atoms with Crippen LogP contribution in [0.2, 0.25) is 0 Å². The fourth-order valence-electron chi connectivity index (χ4n) is 3.20. The van der Waals surface area contributed by atoms with Gasteiger partial charge in [-0.3, -0.25) is 4.79 Å². The summed E-state index contributed by atoms with van der Waals surface area (Å²) >= 11 is 5.08. The van der Waals surface area contributed by atoms with E-state index in [0.29, 0.717) is 5.75 Å². The van der Waals surface area contributed by atoms with E-state index in [4.69, 9.17) is 4.98 Å². The molecule has 0 saturated carbocycles. The average Bonchev–Trinajstić information content (AvgIpc) is 3.12. The Morgan fingerprint density at radius 1 is 1.21 bits per heavy atom. The predicted molar refractivity (Wildman–Crippen MR) is 103 cm³/mol. The van der Waals surface area contributed by atoms with Crippen LogP contribution in [0.3, 0.4) is 0 Å². The highest BCUT2D eigenvalue weighted by Crippen LogP contribution is 2.34. The van der Waals surface area contributed by atoms with E-state index < -0.39 is 0 Å². The quantitative estimate of drug-likeness (QED) is 0.681. The molecule has 126 valence electrons. The van der Waals surface area contributed by atoms with E-state index in [1.807, 2.05) is 0 Å². The van der Waals surface area contributed by atoms with Crippen molar-refractivity contribution in [2.45, 2.75) is 56.0 Å². The van der Waals surface area contributed by atoms with Gasteiger partial charge in [0.2, 0.25) is 0 Å². The van der Waals surface area contributed by atoms with Crippen LogP contribution in [-0.2, 0) is 25.0 Å². The van der Waals surface area contributed by atoms with Crippen LogP contribution in [-0.4, -0.2) is 15.0 Å².